The third-order valence-corrected chi connectivity index (χ3v) is 5.06. The molecule has 0 bridgehead atoms. The van der Waals surface area contributed by atoms with Crippen LogP contribution in [0.1, 0.15) is 12.0 Å². The lowest BCUT2D eigenvalue weighted by molar-refractivity contribution is 0.851. The fourth-order valence-electron chi connectivity index (χ4n) is 2.97. The van der Waals surface area contributed by atoms with Crippen LogP contribution in [0.5, 0.6) is 0 Å². The molecule has 4 nitrogen and oxygen atoms in total. The largest absolute Gasteiger partial charge is 0.383 e. The summed E-state index contributed by atoms with van der Waals surface area (Å²) >= 11 is 12.1. The molecule has 2 aromatic carbocycles. The first-order valence-electron chi connectivity index (χ1n) is 8.96. The van der Waals surface area contributed by atoms with E-state index in [2.05, 4.69) is 34.5 Å². The van der Waals surface area contributed by atoms with Crippen LogP contribution in [0, 0.1) is 0 Å². The van der Waals surface area contributed by atoms with E-state index in [9.17, 15) is 0 Å². The molecule has 2 aromatic rings. The quantitative estimate of drug-likeness (QED) is 0.522. The number of para-hydroxylation sites is 1. The number of hydrogen-bond acceptors (Lipinski definition) is 4. The summed E-state index contributed by atoms with van der Waals surface area (Å²) in [7, 11) is 0. The second-order valence-corrected chi connectivity index (χ2v) is 7.06. The maximum Gasteiger partial charge on any atom is 0.0715 e. The molecule has 28 heavy (non-hydrogen) atoms. The van der Waals surface area contributed by atoms with Gasteiger partial charge < -0.3 is 16.4 Å². The van der Waals surface area contributed by atoms with E-state index in [0.29, 0.717) is 23.1 Å². The third kappa shape index (κ3) is 4.84. The summed E-state index contributed by atoms with van der Waals surface area (Å²) < 4.78 is 0. The molecular formula is C22H22Cl2N4. The standard InChI is InChI=1S/C22H22Cl2N4/c1-26-21-5-3-2-4-18(21)22(27-13-12-25)15-6-8-16(9-7-15)28-17-10-11-19(23)20(24)14-17/h2-6,8-11,14,27-28H,1,7,12-13,25H2/b22-15+. The number of anilines is 1. The summed E-state index contributed by atoms with van der Waals surface area (Å²) in [4.78, 5) is 4.15. The number of rotatable bonds is 7. The van der Waals surface area contributed by atoms with E-state index in [4.69, 9.17) is 28.9 Å². The number of nitrogens with two attached hydrogens (primary N) is 1. The Bertz CT molecular complexity index is 961. The van der Waals surface area contributed by atoms with E-state index in [-0.39, 0.29) is 0 Å². The molecule has 1 aliphatic rings. The van der Waals surface area contributed by atoms with E-state index in [1.165, 1.54) is 0 Å². The van der Waals surface area contributed by atoms with E-state index >= 15 is 0 Å². The van der Waals surface area contributed by atoms with Crippen molar-refractivity contribution in [2.75, 3.05) is 18.4 Å². The van der Waals surface area contributed by atoms with E-state index in [1.807, 2.05) is 42.5 Å². The van der Waals surface area contributed by atoms with Gasteiger partial charge in [0.2, 0.25) is 0 Å². The van der Waals surface area contributed by atoms with Crippen molar-refractivity contribution in [3.63, 3.8) is 0 Å². The second kappa shape index (κ2) is 9.60. The zero-order chi connectivity index (χ0) is 19.9. The molecule has 0 saturated heterocycles. The fourth-order valence-corrected chi connectivity index (χ4v) is 3.26. The highest BCUT2D eigenvalue weighted by molar-refractivity contribution is 6.42. The second-order valence-electron chi connectivity index (χ2n) is 6.24. The molecule has 1 aliphatic carbocycles. The van der Waals surface area contributed by atoms with Crippen molar-refractivity contribution in [1.29, 1.82) is 0 Å². The summed E-state index contributed by atoms with van der Waals surface area (Å²) in [5, 5.41) is 7.86. The van der Waals surface area contributed by atoms with Gasteiger partial charge in [0, 0.05) is 35.7 Å². The molecule has 0 radical (unpaired) electrons. The molecule has 0 unspecified atom stereocenters. The highest BCUT2D eigenvalue weighted by Gasteiger charge is 2.13. The van der Waals surface area contributed by atoms with Crippen LogP contribution in [0.2, 0.25) is 10.0 Å². The summed E-state index contributed by atoms with van der Waals surface area (Å²) in [6.07, 6.45) is 7.03. The smallest absolute Gasteiger partial charge is 0.0715 e. The number of hydrogen-bond donors (Lipinski definition) is 3. The summed E-state index contributed by atoms with van der Waals surface area (Å²) in [5.41, 5.74) is 11.6. The first kappa shape index (κ1) is 20.2. The van der Waals surface area contributed by atoms with Crippen molar-refractivity contribution in [1.82, 2.24) is 5.32 Å². The van der Waals surface area contributed by atoms with Crippen LogP contribution in [-0.4, -0.2) is 19.8 Å². The van der Waals surface area contributed by atoms with Crippen LogP contribution < -0.4 is 16.4 Å². The van der Waals surface area contributed by atoms with Gasteiger partial charge in [-0.25, -0.2) is 0 Å². The van der Waals surface area contributed by atoms with Crippen LogP contribution in [-0.2, 0) is 0 Å². The molecule has 4 N–H and O–H groups in total. The Hall–Kier alpha value is -2.53. The number of aliphatic imine (C=N–C) groups is 1. The zero-order valence-corrected chi connectivity index (χ0v) is 16.9. The van der Waals surface area contributed by atoms with Crippen molar-refractivity contribution >= 4 is 47.0 Å². The normalized spacial score (nSPS) is 15.0. The highest BCUT2D eigenvalue weighted by atomic mass is 35.5. The van der Waals surface area contributed by atoms with Gasteiger partial charge in [0.25, 0.3) is 0 Å². The van der Waals surface area contributed by atoms with Gasteiger partial charge in [-0.05, 0) is 49.1 Å². The van der Waals surface area contributed by atoms with E-state index in [1.54, 1.807) is 6.07 Å². The Morgan fingerprint density at radius 1 is 1.11 bits per heavy atom. The summed E-state index contributed by atoms with van der Waals surface area (Å²) in [5.74, 6) is 0. The lowest BCUT2D eigenvalue weighted by Gasteiger charge is -2.19. The highest BCUT2D eigenvalue weighted by Crippen LogP contribution is 2.31. The molecular weight excluding hydrogens is 391 g/mol. The Kier molecular flexibility index (Phi) is 6.93. The predicted molar refractivity (Wildman–Crippen MR) is 122 cm³/mol. The average Bonchev–Trinajstić information content (AvgIpc) is 2.72. The predicted octanol–water partition coefficient (Wildman–Crippen LogP) is 5.54. The Labute approximate surface area is 175 Å². The van der Waals surface area contributed by atoms with Crippen molar-refractivity contribution in [2.45, 2.75) is 6.42 Å². The molecule has 6 heteroatoms. The SMILES string of the molecule is C=Nc1ccccc1/C(NCCN)=C1/C=CC(Nc2ccc(Cl)c(Cl)c2)=CC1. The lowest BCUT2D eigenvalue weighted by Crippen LogP contribution is -2.22. The molecule has 0 heterocycles. The lowest BCUT2D eigenvalue weighted by atomic mass is 9.98. The monoisotopic (exact) mass is 412 g/mol. The van der Waals surface area contributed by atoms with Crippen LogP contribution in [0.3, 0.4) is 0 Å². The first-order chi connectivity index (χ1) is 13.6. The molecule has 0 aliphatic heterocycles. The molecule has 0 atom stereocenters. The van der Waals surface area contributed by atoms with Gasteiger partial charge in [-0.3, -0.25) is 4.99 Å². The molecule has 3 rings (SSSR count). The maximum absolute atomic E-state index is 6.09. The number of allylic oxidation sites excluding steroid dienone is 4. The average molecular weight is 413 g/mol. The van der Waals surface area contributed by atoms with Gasteiger partial charge in [-0.2, -0.15) is 0 Å². The fraction of sp³-hybridized carbons (Fsp3) is 0.136. The maximum atomic E-state index is 6.09. The molecule has 0 saturated carbocycles. The number of benzene rings is 2. The van der Waals surface area contributed by atoms with Crippen LogP contribution in [0.25, 0.3) is 5.70 Å². The van der Waals surface area contributed by atoms with Crippen molar-refractivity contribution in [3.05, 3.63) is 87.6 Å². The van der Waals surface area contributed by atoms with Gasteiger partial charge in [-0.1, -0.05) is 53.6 Å². The molecule has 0 amide bonds. The van der Waals surface area contributed by atoms with Gasteiger partial charge in [-0.15, -0.1) is 0 Å². The number of halogens is 2. The zero-order valence-electron chi connectivity index (χ0n) is 15.4. The minimum absolute atomic E-state index is 0.523. The Morgan fingerprint density at radius 3 is 2.61 bits per heavy atom. The van der Waals surface area contributed by atoms with Crippen molar-refractivity contribution in [3.8, 4) is 0 Å². The molecule has 0 fully saturated rings. The van der Waals surface area contributed by atoms with Gasteiger partial charge >= 0.3 is 0 Å². The van der Waals surface area contributed by atoms with Crippen LogP contribution in [0.15, 0.2) is 77.0 Å². The minimum Gasteiger partial charge on any atom is -0.383 e. The van der Waals surface area contributed by atoms with Crippen molar-refractivity contribution in [2.24, 2.45) is 10.7 Å². The van der Waals surface area contributed by atoms with Crippen molar-refractivity contribution < 1.29 is 0 Å². The van der Waals surface area contributed by atoms with Gasteiger partial charge in [0.1, 0.15) is 0 Å². The van der Waals surface area contributed by atoms with E-state index in [0.717, 1.165) is 40.3 Å². The Morgan fingerprint density at radius 2 is 1.93 bits per heavy atom. The molecule has 0 aromatic heterocycles. The van der Waals surface area contributed by atoms with Gasteiger partial charge in [0.15, 0.2) is 0 Å². The van der Waals surface area contributed by atoms with Crippen LogP contribution in [0.4, 0.5) is 11.4 Å². The van der Waals surface area contributed by atoms with E-state index < -0.39 is 0 Å². The molecule has 144 valence electrons. The molecule has 0 spiro atoms. The first-order valence-corrected chi connectivity index (χ1v) is 9.71. The Balaban J connectivity index is 1.85. The van der Waals surface area contributed by atoms with Crippen LogP contribution >= 0.6 is 23.2 Å². The minimum atomic E-state index is 0.523. The van der Waals surface area contributed by atoms with Gasteiger partial charge in [0.05, 0.1) is 15.7 Å². The topological polar surface area (TPSA) is 62.4 Å². The number of nitrogens with one attached hydrogen (secondary N) is 2. The summed E-state index contributed by atoms with van der Waals surface area (Å²) in [6.45, 7) is 4.91. The number of nitrogens with zero attached hydrogens (tertiary/aromatic N) is 1. The third-order valence-electron chi connectivity index (χ3n) is 4.33. The summed E-state index contributed by atoms with van der Waals surface area (Å²) in [6, 6.07) is 13.4.